The van der Waals surface area contributed by atoms with Gasteiger partial charge in [0.15, 0.2) is 10.4 Å². The fraction of sp³-hybridized carbons (Fsp3) is 0.350. The Hall–Kier alpha value is -2.81. The second kappa shape index (κ2) is 7.55. The number of carbonyl (C=O) groups excluding carboxylic acids is 1. The van der Waals surface area contributed by atoms with Crippen LogP contribution in [0.15, 0.2) is 42.9 Å². The lowest BCUT2D eigenvalue weighted by molar-refractivity contribution is 0.0995. The van der Waals surface area contributed by atoms with E-state index >= 15 is 0 Å². The summed E-state index contributed by atoms with van der Waals surface area (Å²) < 4.78 is 8.50. The van der Waals surface area contributed by atoms with Crippen LogP contribution in [-0.2, 0) is 14.1 Å². The van der Waals surface area contributed by atoms with Crippen molar-refractivity contribution in [3.8, 4) is 0 Å². The van der Waals surface area contributed by atoms with E-state index in [0.29, 0.717) is 21.4 Å². The SMILES string of the molecule is Cn1c(=O)c(=O)n(C)c2cc(N3CCCCC3)c(NC(=O)c3ccc(Br)o3)cc21. The van der Waals surface area contributed by atoms with Gasteiger partial charge >= 0.3 is 11.1 Å². The largest absolute Gasteiger partial charge is 0.444 e. The highest BCUT2D eigenvalue weighted by molar-refractivity contribution is 9.10. The van der Waals surface area contributed by atoms with Crippen molar-refractivity contribution in [2.45, 2.75) is 19.3 Å². The summed E-state index contributed by atoms with van der Waals surface area (Å²) in [6.45, 7) is 1.72. The lowest BCUT2D eigenvalue weighted by Crippen LogP contribution is -2.39. The summed E-state index contributed by atoms with van der Waals surface area (Å²) in [6.07, 6.45) is 3.28. The molecular weight excluding hydrogens is 440 g/mol. The van der Waals surface area contributed by atoms with Crippen LogP contribution in [0.3, 0.4) is 0 Å². The number of piperidine rings is 1. The van der Waals surface area contributed by atoms with Crippen molar-refractivity contribution in [3.05, 3.63) is 55.4 Å². The molecule has 0 atom stereocenters. The molecule has 2 aromatic heterocycles. The molecule has 0 spiro atoms. The van der Waals surface area contributed by atoms with Crippen LogP contribution in [0.2, 0.25) is 0 Å². The summed E-state index contributed by atoms with van der Waals surface area (Å²) in [7, 11) is 3.15. The van der Waals surface area contributed by atoms with Crippen molar-refractivity contribution in [2.24, 2.45) is 14.1 Å². The molecule has 0 aliphatic carbocycles. The van der Waals surface area contributed by atoms with Gasteiger partial charge in [-0.1, -0.05) is 0 Å². The molecule has 3 aromatic rings. The van der Waals surface area contributed by atoms with Crippen LogP contribution in [0.1, 0.15) is 29.8 Å². The number of aromatic nitrogens is 2. The summed E-state index contributed by atoms with van der Waals surface area (Å²) in [6, 6.07) is 6.85. The number of hydrogen-bond acceptors (Lipinski definition) is 5. The smallest absolute Gasteiger partial charge is 0.316 e. The fourth-order valence-electron chi connectivity index (χ4n) is 3.73. The molecule has 1 aliphatic rings. The van der Waals surface area contributed by atoms with Gasteiger partial charge in [-0.2, -0.15) is 0 Å². The summed E-state index contributed by atoms with van der Waals surface area (Å²) in [5.74, 6) is -0.209. The highest BCUT2D eigenvalue weighted by Crippen LogP contribution is 2.33. The predicted octanol–water partition coefficient (Wildman–Crippen LogP) is 2.84. The number of carbonyl (C=O) groups is 1. The second-order valence-corrected chi connectivity index (χ2v) is 7.97. The van der Waals surface area contributed by atoms with Crippen molar-refractivity contribution in [3.63, 3.8) is 0 Å². The van der Waals surface area contributed by atoms with Crippen LogP contribution in [-0.4, -0.2) is 28.1 Å². The molecule has 1 saturated heterocycles. The van der Waals surface area contributed by atoms with Gasteiger partial charge < -0.3 is 23.8 Å². The van der Waals surface area contributed by atoms with Gasteiger partial charge in [0.05, 0.1) is 22.4 Å². The van der Waals surface area contributed by atoms with Crippen LogP contribution >= 0.6 is 15.9 Å². The maximum absolute atomic E-state index is 12.7. The van der Waals surface area contributed by atoms with Crippen LogP contribution in [0.25, 0.3) is 11.0 Å². The van der Waals surface area contributed by atoms with Crippen LogP contribution in [0.5, 0.6) is 0 Å². The summed E-state index contributed by atoms with van der Waals surface area (Å²) in [5, 5.41) is 2.91. The number of fused-ring (bicyclic) bond motifs is 1. The maximum atomic E-state index is 12.7. The molecule has 29 heavy (non-hydrogen) atoms. The molecule has 0 unspecified atom stereocenters. The van der Waals surface area contributed by atoms with Gasteiger partial charge in [-0.05, 0) is 59.5 Å². The molecule has 1 amide bonds. The van der Waals surface area contributed by atoms with Crippen LogP contribution in [0.4, 0.5) is 11.4 Å². The Labute approximate surface area is 174 Å². The maximum Gasteiger partial charge on any atom is 0.316 e. The van der Waals surface area contributed by atoms with Gasteiger partial charge in [0.2, 0.25) is 0 Å². The van der Waals surface area contributed by atoms with Crippen molar-refractivity contribution < 1.29 is 9.21 Å². The third-order valence-electron chi connectivity index (χ3n) is 5.35. The molecule has 1 aliphatic heterocycles. The first-order valence-corrected chi connectivity index (χ1v) is 10.2. The van der Waals surface area contributed by atoms with Gasteiger partial charge in [0.1, 0.15) is 0 Å². The van der Waals surface area contributed by atoms with Crippen molar-refractivity contribution in [1.29, 1.82) is 0 Å². The molecule has 4 rings (SSSR count). The predicted molar refractivity (Wildman–Crippen MR) is 115 cm³/mol. The topological polar surface area (TPSA) is 89.5 Å². The molecule has 0 saturated carbocycles. The van der Waals surface area contributed by atoms with E-state index in [1.54, 1.807) is 32.3 Å². The highest BCUT2D eigenvalue weighted by atomic mass is 79.9. The number of nitrogens with zero attached hydrogens (tertiary/aromatic N) is 3. The lowest BCUT2D eigenvalue weighted by Gasteiger charge is -2.31. The molecule has 1 fully saturated rings. The number of rotatable bonds is 3. The number of aryl methyl sites for hydroxylation is 2. The molecule has 9 heteroatoms. The minimum absolute atomic E-state index is 0.177. The zero-order valence-corrected chi connectivity index (χ0v) is 17.8. The first-order chi connectivity index (χ1) is 13.9. The fourth-order valence-corrected chi connectivity index (χ4v) is 4.03. The second-order valence-electron chi connectivity index (χ2n) is 7.19. The third kappa shape index (κ3) is 3.50. The van der Waals surface area contributed by atoms with E-state index in [1.807, 2.05) is 6.07 Å². The first kappa shape index (κ1) is 19.5. The normalized spacial score (nSPS) is 14.4. The monoisotopic (exact) mass is 460 g/mol. The zero-order chi connectivity index (χ0) is 20.7. The van der Waals surface area contributed by atoms with Gasteiger partial charge in [-0.3, -0.25) is 14.4 Å². The van der Waals surface area contributed by atoms with Crippen molar-refractivity contribution in [2.75, 3.05) is 23.3 Å². The Morgan fingerprint density at radius 1 is 1.00 bits per heavy atom. The molecule has 152 valence electrons. The number of nitrogens with one attached hydrogen (secondary N) is 1. The van der Waals surface area contributed by atoms with Gasteiger partial charge in [-0.15, -0.1) is 0 Å². The number of benzene rings is 1. The van der Waals surface area contributed by atoms with Crippen LogP contribution in [0, 0.1) is 0 Å². The van der Waals surface area contributed by atoms with Gasteiger partial charge in [-0.25, -0.2) is 0 Å². The molecule has 0 radical (unpaired) electrons. The molecule has 1 N–H and O–H groups in total. The van der Waals surface area contributed by atoms with E-state index in [-0.39, 0.29) is 11.7 Å². The standard InChI is InChI=1S/C20H21BrN4O4/c1-23-14-10-12(22-18(26)16-6-7-17(21)29-16)13(25-8-4-3-5-9-25)11-15(14)24(2)20(28)19(23)27/h6-7,10-11H,3-5,8-9H2,1-2H3,(H,22,26). The number of furan rings is 1. The molecule has 3 heterocycles. The van der Waals surface area contributed by atoms with E-state index in [4.69, 9.17) is 4.42 Å². The van der Waals surface area contributed by atoms with Crippen molar-refractivity contribution in [1.82, 2.24) is 9.13 Å². The zero-order valence-electron chi connectivity index (χ0n) is 16.2. The Kier molecular flexibility index (Phi) is 5.08. The summed E-state index contributed by atoms with van der Waals surface area (Å²) in [5.41, 5.74) is 1.40. The van der Waals surface area contributed by atoms with Gasteiger partial charge in [0, 0.05) is 27.2 Å². The number of hydrogen-bond donors (Lipinski definition) is 1. The third-order valence-corrected chi connectivity index (χ3v) is 5.78. The average molecular weight is 461 g/mol. The van der Waals surface area contributed by atoms with E-state index in [9.17, 15) is 14.4 Å². The van der Waals surface area contributed by atoms with E-state index in [2.05, 4.69) is 26.1 Å². The average Bonchev–Trinajstić information content (AvgIpc) is 3.17. The quantitative estimate of drug-likeness (QED) is 0.606. The summed E-state index contributed by atoms with van der Waals surface area (Å²) >= 11 is 3.20. The minimum Gasteiger partial charge on any atom is -0.444 e. The number of amides is 1. The minimum atomic E-state index is -0.613. The van der Waals surface area contributed by atoms with Crippen molar-refractivity contribution >= 4 is 44.2 Å². The van der Waals surface area contributed by atoms with Gasteiger partial charge in [0.25, 0.3) is 5.91 Å². The Balaban J connectivity index is 1.89. The molecule has 1 aromatic carbocycles. The Morgan fingerprint density at radius 3 is 2.21 bits per heavy atom. The highest BCUT2D eigenvalue weighted by Gasteiger charge is 2.21. The number of halogens is 1. The van der Waals surface area contributed by atoms with Crippen LogP contribution < -0.4 is 21.3 Å². The van der Waals surface area contributed by atoms with E-state index in [1.165, 1.54) is 15.6 Å². The lowest BCUT2D eigenvalue weighted by atomic mass is 10.1. The molecule has 0 bridgehead atoms. The van der Waals surface area contributed by atoms with E-state index < -0.39 is 11.1 Å². The summed E-state index contributed by atoms with van der Waals surface area (Å²) in [4.78, 5) is 39.4. The van der Waals surface area contributed by atoms with E-state index in [0.717, 1.165) is 31.6 Å². The Morgan fingerprint density at radius 2 is 1.62 bits per heavy atom. The Bertz CT molecular complexity index is 1220. The first-order valence-electron chi connectivity index (χ1n) is 9.42. The molecular formula is C20H21BrN4O4. The number of anilines is 2. The molecule has 8 nitrogen and oxygen atoms in total.